The van der Waals surface area contributed by atoms with E-state index in [1.54, 1.807) is 0 Å². The van der Waals surface area contributed by atoms with Crippen LogP contribution in [0.2, 0.25) is 0 Å². The van der Waals surface area contributed by atoms with Gasteiger partial charge in [-0.3, -0.25) is 4.98 Å². The quantitative estimate of drug-likeness (QED) is 0.191. The van der Waals surface area contributed by atoms with Crippen LogP contribution in [0.15, 0.2) is 54.5 Å². The second-order valence-electron chi connectivity index (χ2n) is 12.5. The second-order valence-corrected chi connectivity index (χ2v) is 12.5. The Morgan fingerprint density at radius 2 is 1.85 bits per heavy atom. The maximum absolute atomic E-state index is 14.6. The normalized spacial score (nSPS) is 24.0. The summed E-state index contributed by atoms with van der Waals surface area (Å²) in [6, 6.07) is 12.6. The number of hydrogen-bond acceptors (Lipinski definition) is 6. The second kappa shape index (κ2) is 11.6. The zero-order valence-electron chi connectivity index (χ0n) is 23.9. The van der Waals surface area contributed by atoms with Crippen LogP contribution in [0, 0.1) is 16.5 Å². The van der Waals surface area contributed by atoms with Gasteiger partial charge in [0, 0.05) is 24.2 Å². The molecule has 3 unspecified atom stereocenters. The first-order chi connectivity index (χ1) is 18.8. The van der Waals surface area contributed by atoms with E-state index in [1.807, 2.05) is 24.4 Å². The Kier molecular flexibility index (Phi) is 8.14. The molecule has 1 aliphatic heterocycles. The third-order valence-corrected chi connectivity index (χ3v) is 8.58. The Morgan fingerprint density at radius 3 is 2.62 bits per heavy atom. The molecule has 2 aliphatic rings. The number of aromatic amines is 1. The van der Waals surface area contributed by atoms with Crippen LogP contribution in [0.1, 0.15) is 84.8 Å². The van der Waals surface area contributed by atoms with Gasteiger partial charge in [0.25, 0.3) is 0 Å². The van der Waals surface area contributed by atoms with E-state index in [0.717, 1.165) is 47.3 Å². The maximum atomic E-state index is 14.6. The number of nitrogens with one attached hydrogen (secondary N) is 1. The molecular formula is C31H43N7O. The Labute approximate surface area is 232 Å². The summed E-state index contributed by atoms with van der Waals surface area (Å²) in [5.41, 5.74) is 5.04. The molecule has 3 heterocycles. The van der Waals surface area contributed by atoms with Crippen molar-refractivity contribution in [2.75, 3.05) is 6.67 Å². The zero-order valence-corrected chi connectivity index (χ0v) is 23.9. The standard InChI is InChI=1S/C31H43N7O/c1-5-6-13-27-20-37(29-15-9-7-8-14-28(29)31(2,3)4)22-38(27,39)21-26-19-24(16-17-32-26)23-11-10-12-25(18-23)30-33-35-36-34-30/h10-12,16-20,28-29H,5-9,13-15,21-22H2,1-4H3,(H,33,34,35,36). The van der Waals surface area contributed by atoms with Gasteiger partial charge in [-0.25, -0.2) is 5.10 Å². The largest absolute Gasteiger partial charge is 0.626 e. The van der Waals surface area contributed by atoms with Crippen LogP contribution in [-0.2, 0) is 6.54 Å². The highest BCUT2D eigenvalue weighted by molar-refractivity contribution is 5.69. The number of pyridine rings is 1. The van der Waals surface area contributed by atoms with E-state index in [0.29, 0.717) is 31.0 Å². The highest BCUT2D eigenvalue weighted by Crippen LogP contribution is 2.43. The van der Waals surface area contributed by atoms with Crippen LogP contribution in [0.25, 0.3) is 22.5 Å². The number of benzene rings is 1. The fourth-order valence-corrected chi connectivity index (χ4v) is 6.50. The molecule has 39 heavy (non-hydrogen) atoms. The third kappa shape index (κ3) is 6.23. The molecule has 1 aromatic carbocycles. The molecule has 3 aromatic rings. The van der Waals surface area contributed by atoms with Crippen molar-refractivity contribution < 1.29 is 4.65 Å². The van der Waals surface area contributed by atoms with Gasteiger partial charge in [0.1, 0.15) is 12.2 Å². The third-order valence-electron chi connectivity index (χ3n) is 8.58. The van der Waals surface area contributed by atoms with Crippen molar-refractivity contribution in [3.05, 3.63) is 65.4 Å². The smallest absolute Gasteiger partial charge is 0.179 e. The molecule has 208 valence electrons. The summed E-state index contributed by atoms with van der Waals surface area (Å²) in [6.07, 6.45) is 13.3. The first-order valence-electron chi connectivity index (χ1n) is 14.6. The molecule has 3 atom stereocenters. The summed E-state index contributed by atoms with van der Waals surface area (Å²) < 4.78 is -0.326. The van der Waals surface area contributed by atoms with Gasteiger partial charge in [0.15, 0.2) is 12.5 Å². The lowest BCUT2D eigenvalue weighted by Crippen LogP contribution is -2.48. The van der Waals surface area contributed by atoms with Gasteiger partial charge in [0.2, 0.25) is 0 Å². The number of allylic oxidation sites excluding steroid dienone is 1. The van der Waals surface area contributed by atoms with E-state index in [9.17, 15) is 5.21 Å². The number of hydrogen-bond donors (Lipinski definition) is 1. The first-order valence-corrected chi connectivity index (χ1v) is 14.6. The molecule has 2 aromatic heterocycles. The Balaban J connectivity index is 1.40. The lowest BCUT2D eigenvalue weighted by Gasteiger charge is -2.44. The van der Waals surface area contributed by atoms with E-state index in [-0.39, 0.29) is 10.1 Å². The lowest BCUT2D eigenvalue weighted by molar-refractivity contribution is -0.860. The molecule has 8 nitrogen and oxygen atoms in total. The molecular weight excluding hydrogens is 486 g/mol. The molecule has 1 saturated carbocycles. The minimum absolute atomic E-state index is 0.222. The topological polar surface area (TPSA) is 93.6 Å². The number of tetrazole rings is 1. The van der Waals surface area contributed by atoms with E-state index in [1.165, 1.54) is 32.1 Å². The predicted octanol–water partition coefficient (Wildman–Crippen LogP) is 7.04. The van der Waals surface area contributed by atoms with Crippen molar-refractivity contribution in [3.63, 3.8) is 0 Å². The lowest BCUT2D eigenvalue weighted by atomic mass is 9.73. The number of quaternary nitrogens is 1. The number of unbranched alkanes of at least 4 members (excludes halogenated alkanes) is 1. The highest BCUT2D eigenvalue weighted by atomic mass is 16.6. The van der Waals surface area contributed by atoms with E-state index >= 15 is 0 Å². The molecule has 1 aliphatic carbocycles. The summed E-state index contributed by atoms with van der Waals surface area (Å²) in [5, 5.41) is 28.9. The van der Waals surface area contributed by atoms with Gasteiger partial charge in [0.05, 0.1) is 11.9 Å². The Hall–Kier alpha value is -3.10. The van der Waals surface area contributed by atoms with Gasteiger partial charge in [-0.05, 0) is 70.3 Å². The summed E-state index contributed by atoms with van der Waals surface area (Å²) in [6.45, 7) is 10.1. The van der Waals surface area contributed by atoms with Crippen molar-refractivity contribution in [2.24, 2.45) is 11.3 Å². The molecule has 1 N–H and O–H groups in total. The van der Waals surface area contributed by atoms with Gasteiger partial charge in [-0.15, -0.1) is 5.10 Å². The number of H-pyrrole nitrogens is 1. The van der Waals surface area contributed by atoms with Crippen LogP contribution >= 0.6 is 0 Å². The van der Waals surface area contributed by atoms with Crippen LogP contribution < -0.4 is 0 Å². The average molecular weight is 530 g/mol. The summed E-state index contributed by atoms with van der Waals surface area (Å²) in [4.78, 5) is 7.10. The average Bonchev–Trinajstić information content (AvgIpc) is 3.48. The van der Waals surface area contributed by atoms with Gasteiger partial charge in [-0.1, -0.05) is 71.6 Å². The van der Waals surface area contributed by atoms with E-state index < -0.39 is 0 Å². The molecule has 0 amide bonds. The molecule has 0 saturated heterocycles. The fourth-order valence-electron chi connectivity index (χ4n) is 6.50. The molecule has 5 rings (SSSR count). The first kappa shape index (κ1) is 27.5. The fraction of sp³-hybridized carbons (Fsp3) is 0.548. The predicted molar refractivity (Wildman–Crippen MR) is 154 cm³/mol. The van der Waals surface area contributed by atoms with E-state index in [2.05, 4.69) is 82.6 Å². The van der Waals surface area contributed by atoms with Crippen LogP contribution in [0.3, 0.4) is 0 Å². The maximum Gasteiger partial charge on any atom is 0.179 e. The van der Waals surface area contributed by atoms with Gasteiger partial charge >= 0.3 is 0 Å². The minimum atomic E-state index is -0.326. The van der Waals surface area contributed by atoms with Crippen LogP contribution in [0.5, 0.6) is 0 Å². The Morgan fingerprint density at radius 1 is 1.05 bits per heavy atom. The van der Waals surface area contributed by atoms with Crippen molar-refractivity contribution in [2.45, 2.75) is 91.6 Å². The van der Waals surface area contributed by atoms with Crippen molar-refractivity contribution >= 4 is 0 Å². The molecule has 0 spiro atoms. The summed E-state index contributed by atoms with van der Waals surface area (Å²) in [7, 11) is 0. The monoisotopic (exact) mass is 529 g/mol. The molecule has 0 radical (unpaired) electrons. The van der Waals surface area contributed by atoms with E-state index in [4.69, 9.17) is 0 Å². The highest BCUT2D eigenvalue weighted by Gasteiger charge is 2.42. The van der Waals surface area contributed by atoms with Gasteiger partial charge < -0.3 is 14.8 Å². The number of rotatable bonds is 8. The number of hydroxylamine groups is 3. The van der Waals surface area contributed by atoms with Crippen LogP contribution in [0.4, 0.5) is 0 Å². The minimum Gasteiger partial charge on any atom is -0.626 e. The molecule has 8 heteroatoms. The van der Waals surface area contributed by atoms with Crippen LogP contribution in [-0.4, -0.2) is 47.9 Å². The molecule has 1 fully saturated rings. The number of nitrogens with zero attached hydrogens (tertiary/aromatic N) is 6. The van der Waals surface area contributed by atoms with Gasteiger partial charge in [-0.2, -0.15) is 0 Å². The summed E-state index contributed by atoms with van der Waals surface area (Å²) in [5.74, 6) is 1.22. The molecule has 0 bridgehead atoms. The number of aromatic nitrogens is 5. The Bertz CT molecular complexity index is 1270. The SMILES string of the molecule is CCCCC1=CN(C2CCCCCC2C(C)(C)C)C[N+]1([O-])Cc1cc(-c2cccc(-c3nnn[nH]3)c2)ccn1. The van der Waals surface area contributed by atoms with Crippen molar-refractivity contribution in [1.82, 2.24) is 30.5 Å². The van der Waals surface area contributed by atoms with Crippen molar-refractivity contribution in [1.29, 1.82) is 0 Å². The van der Waals surface area contributed by atoms with Crippen molar-refractivity contribution in [3.8, 4) is 22.5 Å². The summed E-state index contributed by atoms with van der Waals surface area (Å²) >= 11 is 0. The zero-order chi connectivity index (χ0) is 27.5.